The first kappa shape index (κ1) is 40.4. The van der Waals surface area contributed by atoms with Gasteiger partial charge in [-0.2, -0.15) is 56.7 Å². The van der Waals surface area contributed by atoms with E-state index in [0.29, 0.717) is 33.9 Å². The molecule has 296 valence electrons. The summed E-state index contributed by atoms with van der Waals surface area (Å²) < 4.78 is 196. The zero-order valence-electron chi connectivity index (χ0n) is 27.6. The van der Waals surface area contributed by atoms with E-state index in [1.165, 1.54) is 24.3 Å². The van der Waals surface area contributed by atoms with Gasteiger partial charge in [-0.15, -0.1) is 0 Å². The summed E-state index contributed by atoms with van der Waals surface area (Å²) >= 11 is 0. The summed E-state index contributed by atoms with van der Waals surface area (Å²) in [5, 5.41) is 5.01. The Morgan fingerprint density at radius 2 is 1.02 bits per heavy atom. The summed E-state index contributed by atoms with van der Waals surface area (Å²) in [4.78, 5) is 1.28. The molecule has 2 N–H and O–H groups in total. The highest BCUT2D eigenvalue weighted by atomic mass is 32.2. The van der Waals surface area contributed by atoms with E-state index in [2.05, 4.69) is 4.74 Å². The molecule has 6 nitrogen and oxygen atoms in total. The maximum Gasteiger partial charge on any atom is 0.432 e. The molecule has 7 rings (SSSR count). The minimum absolute atomic E-state index is 0.0333. The molecule has 0 saturated heterocycles. The van der Waals surface area contributed by atoms with Crippen LogP contribution in [0.1, 0.15) is 38.5 Å². The van der Waals surface area contributed by atoms with Crippen molar-refractivity contribution in [2.75, 3.05) is 0 Å². The number of halogens is 11. The Kier molecular flexibility index (Phi) is 10.3. The standard InChI is InChI=1S/C35H31F11O6S2/c36-32(37,38)29(33(39,40)54(48,49)50)52-24-8-12-27(13-9-24)53(25-4-2-1-3-5-25)26-10-6-23(7-11-26)51-28(31(47,34(41,42)43)35(44,45)46)30-17-20-14-21(18-30)16-22(15-20)19-30/h1-13,20-22,28-29,47H,14-19H2/p+1. The van der Waals surface area contributed by atoms with Crippen molar-refractivity contribution in [2.45, 2.75) is 94.8 Å². The molecule has 54 heavy (non-hydrogen) atoms. The van der Waals surface area contributed by atoms with E-state index in [9.17, 15) is 61.8 Å². The van der Waals surface area contributed by atoms with Crippen molar-refractivity contribution in [3.8, 4) is 11.5 Å². The fourth-order valence-electron chi connectivity index (χ4n) is 8.62. The van der Waals surface area contributed by atoms with Crippen LogP contribution in [0.15, 0.2) is 93.5 Å². The maximum absolute atomic E-state index is 14.5. The molecule has 0 amide bonds. The van der Waals surface area contributed by atoms with Crippen LogP contribution in [0.5, 0.6) is 11.5 Å². The first-order valence-electron chi connectivity index (χ1n) is 16.5. The molecule has 3 atom stereocenters. The van der Waals surface area contributed by atoms with E-state index in [1.807, 2.05) is 0 Å². The highest BCUT2D eigenvalue weighted by Crippen LogP contribution is 2.65. The van der Waals surface area contributed by atoms with Gasteiger partial charge in [0.05, 0.1) is 10.9 Å². The predicted molar refractivity (Wildman–Crippen MR) is 171 cm³/mol. The first-order valence-corrected chi connectivity index (χ1v) is 19.1. The molecular formula is C35H32F11O6S2+. The summed E-state index contributed by atoms with van der Waals surface area (Å²) in [5.74, 6) is -1.53. The van der Waals surface area contributed by atoms with E-state index in [-0.39, 0.29) is 42.8 Å². The highest BCUT2D eigenvalue weighted by molar-refractivity contribution is 7.97. The van der Waals surface area contributed by atoms with Crippen LogP contribution < -0.4 is 9.47 Å². The zero-order chi connectivity index (χ0) is 39.7. The lowest BCUT2D eigenvalue weighted by atomic mass is 9.46. The van der Waals surface area contributed by atoms with Crippen molar-refractivity contribution in [3.63, 3.8) is 0 Å². The molecule has 0 aliphatic heterocycles. The Balaban J connectivity index is 1.34. The average Bonchev–Trinajstić information content (AvgIpc) is 3.05. The Morgan fingerprint density at radius 3 is 1.39 bits per heavy atom. The Labute approximate surface area is 304 Å². The van der Waals surface area contributed by atoms with Crippen molar-refractivity contribution >= 4 is 21.0 Å². The minimum Gasteiger partial charge on any atom is -0.486 e. The molecule has 0 spiro atoms. The van der Waals surface area contributed by atoms with Gasteiger partial charge in [0.1, 0.15) is 11.5 Å². The summed E-state index contributed by atoms with van der Waals surface area (Å²) in [6.07, 6.45) is -23.1. The van der Waals surface area contributed by atoms with Crippen LogP contribution in [0, 0.1) is 23.2 Å². The highest BCUT2D eigenvalue weighted by Gasteiger charge is 2.79. The fraction of sp³-hybridized carbons (Fsp3) is 0.486. The second-order valence-corrected chi connectivity index (χ2v) is 17.7. The van der Waals surface area contributed by atoms with E-state index >= 15 is 0 Å². The molecule has 4 fully saturated rings. The van der Waals surface area contributed by atoms with Gasteiger partial charge in [0.25, 0.3) is 11.7 Å². The Morgan fingerprint density at radius 1 is 0.630 bits per heavy atom. The fourth-order valence-corrected chi connectivity index (χ4v) is 11.1. The number of rotatable bonds is 11. The van der Waals surface area contributed by atoms with Crippen molar-refractivity contribution in [2.24, 2.45) is 23.2 Å². The minimum atomic E-state index is -6.56. The molecule has 19 heteroatoms. The SMILES string of the molecule is O=S(=O)(O)C(F)(F)C(Oc1ccc([S+](c2ccccc2)c2ccc(OC(C34CC5CC(CC(C5)C3)C4)C(O)(C(F)(F)F)C(F)(F)F)cc2)cc1)C(F)(F)F. The zero-order valence-corrected chi connectivity index (χ0v) is 29.3. The molecule has 4 saturated carbocycles. The third-order valence-electron chi connectivity index (χ3n) is 10.4. The summed E-state index contributed by atoms with van der Waals surface area (Å²) in [6.45, 7) is 0. The van der Waals surface area contributed by atoms with Gasteiger partial charge in [0.2, 0.25) is 0 Å². The van der Waals surface area contributed by atoms with Gasteiger partial charge < -0.3 is 14.6 Å². The number of hydrogen-bond acceptors (Lipinski definition) is 5. The van der Waals surface area contributed by atoms with Crippen LogP contribution in [0.25, 0.3) is 0 Å². The number of aliphatic hydroxyl groups is 1. The second-order valence-electron chi connectivity index (χ2n) is 14.2. The number of benzene rings is 3. The second kappa shape index (κ2) is 13.7. The van der Waals surface area contributed by atoms with E-state index in [1.54, 1.807) is 30.3 Å². The van der Waals surface area contributed by atoms with Crippen molar-refractivity contribution in [1.29, 1.82) is 0 Å². The molecule has 0 heterocycles. The Hall–Kier alpha value is -3.29. The number of hydrogen-bond donors (Lipinski definition) is 2. The largest absolute Gasteiger partial charge is 0.486 e. The van der Waals surface area contributed by atoms with Gasteiger partial charge >= 0.3 is 33.9 Å². The van der Waals surface area contributed by atoms with Crippen molar-refractivity contribution in [3.05, 3.63) is 78.9 Å². The normalized spacial score (nSPS) is 25.2. The van der Waals surface area contributed by atoms with E-state index < -0.39 is 73.8 Å². The molecule has 4 bridgehead atoms. The molecule has 0 aromatic heterocycles. The third-order valence-corrected chi connectivity index (χ3v) is 13.6. The van der Waals surface area contributed by atoms with Gasteiger partial charge in [0.15, 0.2) is 20.8 Å². The molecular weight excluding hydrogens is 789 g/mol. The van der Waals surface area contributed by atoms with E-state index in [4.69, 9.17) is 9.29 Å². The first-order chi connectivity index (χ1) is 24.9. The lowest BCUT2D eigenvalue weighted by Gasteiger charge is -2.61. The van der Waals surface area contributed by atoms with Crippen molar-refractivity contribution in [1.82, 2.24) is 0 Å². The van der Waals surface area contributed by atoms with Crippen LogP contribution in [-0.4, -0.2) is 59.7 Å². The van der Waals surface area contributed by atoms with Gasteiger partial charge in [-0.25, -0.2) is 0 Å². The van der Waals surface area contributed by atoms with Crippen molar-refractivity contribution < 1.29 is 75.8 Å². The quantitative estimate of drug-likeness (QED) is 0.114. The average molecular weight is 822 g/mol. The predicted octanol–water partition coefficient (Wildman–Crippen LogP) is 9.39. The maximum atomic E-state index is 14.5. The monoisotopic (exact) mass is 821 g/mol. The number of ether oxygens (including phenoxy) is 2. The van der Waals surface area contributed by atoms with Crippen LogP contribution in [0.4, 0.5) is 48.3 Å². The summed E-state index contributed by atoms with van der Waals surface area (Å²) in [6, 6.07) is 17.3. The van der Waals surface area contributed by atoms with Gasteiger partial charge in [-0.3, -0.25) is 4.55 Å². The molecule has 3 aromatic carbocycles. The van der Waals surface area contributed by atoms with Gasteiger partial charge in [-0.05, 0) is 117 Å². The van der Waals surface area contributed by atoms with Crippen LogP contribution in [-0.2, 0) is 21.0 Å². The van der Waals surface area contributed by atoms with Crippen LogP contribution in [0.3, 0.4) is 0 Å². The molecule has 0 radical (unpaired) electrons. The summed E-state index contributed by atoms with van der Waals surface area (Å²) in [5.41, 5.74) is -6.80. The third kappa shape index (κ3) is 7.36. The van der Waals surface area contributed by atoms with Gasteiger partial charge in [-0.1, -0.05) is 18.2 Å². The molecule has 4 aliphatic rings. The lowest BCUT2D eigenvalue weighted by Crippen LogP contribution is -2.72. The topological polar surface area (TPSA) is 93.1 Å². The molecule has 3 unspecified atom stereocenters. The summed E-state index contributed by atoms with van der Waals surface area (Å²) in [7, 11) is -7.74. The molecule has 3 aromatic rings. The van der Waals surface area contributed by atoms with Crippen LogP contribution in [0.2, 0.25) is 0 Å². The molecule has 4 aliphatic carbocycles. The van der Waals surface area contributed by atoms with Crippen LogP contribution >= 0.6 is 0 Å². The van der Waals surface area contributed by atoms with E-state index in [0.717, 1.165) is 24.3 Å². The number of alkyl halides is 11. The smallest absolute Gasteiger partial charge is 0.432 e. The Bertz CT molecular complexity index is 1850. The lowest BCUT2D eigenvalue weighted by molar-refractivity contribution is -0.403. The van der Waals surface area contributed by atoms with Gasteiger partial charge in [0, 0.05) is 5.41 Å².